The molecule has 0 aliphatic carbocycles. The molecule has 1 amide bonds. The number of benzene rings is 1. The van der Waals surface area contributed by atoms with Crippen molar-refractivity contribution in [3.8, 4) is 0 Å². The summed E-state index contributed by atoms with van der Waals surface area (Å²) in [6, 6.07) is 3.58. The Morgan fingerprint density at radius 1 is 1.63 bits per heavy atom. The molecule has 0 saturated carbocycles. The van der Waals surface area contributed by atoms with Crippen molar-refractivity contribution in [1.82, 2.24) is 5.32 Å². The molecule has 0 saturated heterocycles. The van der Waals surface area contributed by atoms with Crippen LogP contribution in [0.4, 0.5) is 0 Å². The van der Waals surface area contributed by atoms with Crippen molar-refractivity contribution in [3.63, 3.8) is 0 Å². The summed E-state index contributed by atoms with van der Waals surface area (Å²) in [4.78, 5) is 22.2. The number of rotatable bonds is 6. The Hall–Kier alpha value is -1.11. The van der Waals surface area contributed by atoms with E-state index in [1.165, 1.54) is 6.07 Å². The monoisotopic (exact) mass is 349 g/mol. The van der Waals surface area contributed by atoms with Gasteiger partial charge < -0.3 is 15.2 Å². The van der Waals surface area contributed by atoms with E-state index in [-0.39, 0.29) is 6.61 Å². The number of hydrogen-bond donors (Lipinski definition) is 2. The quantitative estimate of drug-likeness (QED) is 0.606. The van der Waals surface area contributed by atoms with Crippen molar-refractivity contribution >= 4 is 39.9 Å². The fourth-order valence-corrected chi connectivity index (χ4v) is 1.92. The molecule has 5 nitrogen and oxygen atoms in total. The second-order valence-corrected chi connectivity index (χ2v) is 4.89. The lowest BCUT2D eigenvalue weighted by molar-refractivity contribution is -0.149. The van der Waals surface area contributed by atoms with Gasteiger partial charge in [0, 0.05) is 4.47 Å². The van der Waals surface area contributed by atoms with Crippen molar-refractivity contribution < 1.29 is 19.4 Å². The average molecular weight is 351 g/mol. The third-order valence-corrected chi connectivity index (χ3v) is 3.62. The number of amides is 1. The van der Waals surface area contributed by atoms with Crippen LogP contribution in [0.15, 0.2) is 22.7 Å². The maximum atomic E-state index is 11.7. The summed E-state index contributed by atoms with van der Waals surface area (Å²) in [6.07, 6.45) is -0.902. The number of hydrogen-bond acceptors (Lipinski definition) is 4. The highest BCUT2D eigenvalue weighted by molar-refractivity contribution is 9.10. The zero-order valence-corrected chi connectivity index (χ0v) is 12.4. The summed E-state index contributed by atoms with van der Waals surface area (Å²) < 4.78 is 5.46. The normalized spacial score (nSPS) is 13.5. The molecule has 7 heteroatoms. The van der Waals surface area contributed by atoms with Crippen molar-refractivity contribution in [2.24, 2.45) is 0 Å². The van der Waals surface area contributed by atoms with Crippen LogP contribution in [0.25, 0.3) is 0 Å². The molecule has 0 aliphatic heterocycles. The van der Waals surface area contributed by atoms with Crippen molar-refractivity contribution in [2.45, 2.75) is 19.1 Å². The Balaban J connectivity index is 2.97. The van der Waals surface area contributed by atoms with Gasteiger partial charge in [-0.25, -0.2) is 4.79 Å². The Morgan fingerprint density at radius 2 is 2.32 bits per heavy atom. The van der Waals surface area contributed by atoms with Gasteiger partial charge in [0.05, 0.1) is 11.6 Å². The first-order chi connectivity index (χ1) is 9.01. The van der Waals surface area contributed by atoms with Crippen LogP contribution in [0.2, 0.25) is 5.02 Å². The SMILES string of the molecule is CCOC(=O)C(NC=O)C(O)c1ccc(Br)c(Cl)c1. The zero-order chi connectivity index (χ0) is 14.4. The van der Waals surface area contributed by atoms with Gasteiger partial charge in [0.15, 0.2) is 6.04 Å². The topological polar surface area (TPSA) is 75.6 Å². The Bertz CT molecular complexity index is 469. The number of esters is 1. The molecule has 1 rings (SSSR count). The number of nitrogens with one attached hydrogen (secondary N) is 1. The third-order valence-electron chi connectivity index (χ3n) is 2.39. The minimum Gasteiger partial charge on any atom is -0.464 e. The van der Waals surface area contributed by atoms with Crippen LogP contribution in [0, 0.1) is 0 Å². The number of aliphatic hydroxyl groups excluding tert-OH is 1. The van der Waals surface area contributed by atoms with Crippen LogP contribution in [0.3, 0.4) is 0 Å². The fraction of sp³-hybridized carbons (Fsp3) is 0.333. The summed E-state index contributed by atoms with van der Waals surface area (Å²) in [5.41, 5.74) is 0.403. The van der Waals surface area contributed by atoms with E-state index in [0.717, 1.165) is 0 Å². The largest absolute Gasteiger partial charge is 0.464 e. The molecule has 104 valence electrons. The predicted octanol–water partition coefficient (Wildman–Crippen LogP) is 1.81. The first-order valence-corrected chi connectivity index (χ1v) is 6.67. The minimum absolute atomic E-state index is 0.156. The van der Waals surface area contributed by atoms with Gasteiger partial charge in [0.2, 0.25) is 6.41 Å². The van der Waals surface area contributed by atoms with E-state index in [1.54, 1.807) is 19.1 Å². The summed E-state index contributed by atoms with van der Waals surface area (Å²) in [5.74, 6) is -0.707. The fourth-order valence-electron chi connectivity index (χ4n) is 1.48. The first kappa shape index (κ1) is 15.9. The van der Waals surface area contributed by atoms with Gasteiger partial charge in [-0.2, -0.15) is 0 Å². The number of aliphatic hydroxyl groups is 1. The molecule has 1 aromatic carbocycles. The lowest BCUT2D eigenvalue weighted by atomic mass is 10.0. The van der Waals surface area contributed by atoms with Gasteiger partial charge >= 0.3 is 5.97 Å². The third kappa shape index (κ3) is 4.19. The first-order valence-electron chi connectivity index (χ1n) is 5.50. The van der Waals surface area contributed by atoms with E-state index in [4.69, 9.17) is 16.3 Å². The standard InChI is InChI=1S/C12H13BrClNO4/c1-2-19-12(18)10(15-6-16)11(17)7-3-4-8(13)9(14)5-7/h3-6,10-11,17H,2H2,1H3,(H,15,16). The van der Waals surface area contributed by atoms with Gasteiger partial charge in [0.25, 0.3) is 0 Å². The zero-order valence-electron chi connectivity index (χ0n) is 10.1. The summed E-state index contributed by atoms with van der Waals surface area (Å²) in [6.45, 7) is 1.79. The molecule has 0 aromatic heterocycles. The van der Waals surface area contributed by atoms with Crippen LogP contribution in [-0.2, 0) is 14.3 Å². The summed E-state index contributed by atoms with van der Waals surface area (Å²) in [7, 11) is 0. The minimum atomic E-state index is -1.24. The van der Waals surface area contributed by atoms with Crippen molar-refractivity contribution in [2.75, 3.05) is 6.61 Å². The van der Waals surface area contributed by atoms with Crippen LogP contribution in [0.5, 0.6) is 0 Å². The lowest BCUT2D eigenvalue weighted by Gasteiger charge is -2.21. The highest BCUT2D eigenvalue weighted by Gasteiger charge is 2.29. The van der Waals surface area contributed by atoms with E-state index in [0.29, 0.717) is 21.5 Å². The molecular weight excluding hydrogens is 337 g/mol. The molecule has 0 bridgehead atoms. The smallest absolute Gasteiger partial charge is 0.331 e. The molecule has 2 atom stereocenters. The molecule has 0 radical (unpaired) electrons. The highest BCUT2D eigenvalue weighted by atomic mass is 79.9. The van der Waals surface area contributed by atoms with Crippen LogP contribution in [0.1, 0.15) is 18.6 Å². The number of halogens is 2. The van der Waals surface area contributed by atoms with Crippen LogP contribution >= 0.6 is 27.5 Å². The summed E-state index contributed by atoms with van der Waals surface area (Å²) >= 11 is 9.14. The molecular formula is C12H13BrClNO4. The molecule has 2 N–H and O–H groups in total. The van der Waals surface area contributed by atoms with Gasteiger partial charge in [-0.1, -0.05) is 17.7 Å². The highest BCUT2D eigenvalue weighted by Crippen LogP contribution is 2.27. The van der Waals surface area contributed by atoms with E-state index < -0.39 is 18.1 Å². The Labute approximate surface area is 124 Å². The maximum Gasteiger partial charge on any atom is 0.331 e. The second-order valence-electron chi connectivity index (χ2n) is 3.63. The van der Waals surface area contributed by atoms with Gasteiger partial charge in [-0.3, -0.25) is 4.79 Å². The molecule has 0 aliphatic rings. The van der Waals surface area contributed by atoms with Gasteiger partial charge in [0.1, 0.15) is 6.10 Å². The van der Waals surface area contributed by atoms with Crippen LogP contribution in [-0.4, -0.2) is 30.1 Å². The average Bonchev–Trinajstić information content (AvgIpc) is 2.38. The molecule has 0 spiro atoms. The van der Waals surface area contributed by atoms with E-state index in [1.807, 2.05) is 0 Å². The molecule has 0 fully saturated rings. The second kappa shape index (κ2) is 7.47. The van der Waals surface area contributed by atoms with Gasteiger partial charge in [-0.05, 0) is 40.5 Å². The summed E-state index contributed by atoms with van der Waals surface area (Å²) in [5, 5.41) is 12.8. The molecule has 2 unspecified atom stereocenters. The molecule has 0 heterocycles. The number of ether oxygens (including phenoxy) is 1. The molecule has 19 heavy (non-hydrogen) atoms. The van der Waals surface area contributed by atoms with E-state index in [2.05, 4.69) is 21.2 Å². The van der Waals surface area contributed by atoms with Crippen molar-refractivity contribution in [1.29, 1.82) is 0 Å². The lowest BCUT2D eigenvalue weighted by Crippen LogP contribution is -2.42. The van der Waals surface area contributed by atoms with Crippen LogP contribution < -0.4 is 5.32 Å². The number of carbonyl (C=O) groups is 2. The van der Waals surface area contributed by atoms with Crippen molar-refractivity contribution in [3.05, 3.63) is 33.3 Å². The number of carbonyl (C=O) groups excluding carboxylic acids is 2. The molecule has 1 aromatic rings. The predicted molar refractivity (Wildman–Crippen MR) is 73.7 cm³/mol. The van der Waals surface area contributed by atoms with Gasteiger partial charge in [-0.15, -0.1) is 0 Å². The Kier molecular flexibility index (Phi) is 6.27. The maximum absolute atomic E-state index is 11.7. The Morgan fingerprint density at radius 3 is 2.84 bits per heavy atom. The van der Waals surface area contributed by atoms with E-state index >= 15 is 0 Å². The van der Waals surface area contributed by atoms with E-state index in [9.17, 15) is 14.7 Å².